The summed E-state index contributed by atoms with van der Waals surface area (Å²) in [4.78, 5) is 18.3. The third-order valence-corrected chi connectivity index (χ3v) is 6.46. The van der Waals surface area contributed by atoms with Crippen LogP contribution in [-0.4, -0.2) is 43.0 Å². The van der Waals surface area contributed by atoms with Crippen LogP contribution in [0.2, 0.25) is 0 Å². The predicted octanol–water partition coefficient (Wildman–Crippen LogP) is 3.99. The summed E-state index contributed by atoms with van der Waals surface area (Å²) in [5.41, 5.74) is 2.13. The summed E-state index contributed by atoms with van der Waals surface area (Å²) in [6.07, 6.45) is 6.04. The summed E-state index contributed by atoms with van der Waals surface area (Å²) in [6, 6.07) is 13.1. The zero-order valence-corrected chi connectivity index (χ0v) is 16.0. The minimum atomic E-state index is 0.0466. The lowest BCUT2D eigenvalue weighted by Gasteiger charge is -2.39. The summed E-state index contributed by atoms with van der Waals surface area (Å²) in [7, 11) is 0. The van der Waals surface area contributed by atoms with Crippen LogP contribution in [0.5, 0.6) is 0 Å². The van der Waals surface area contributed by atoms with Gasteiger partial charge in [0, 0.05) is 48.5 Å². The number of thiophene rings is 1. The van der Waals surface area contributed by atoms with Crippen molar-refractivity contribution in [2.24, 2.45) is 0 Å². The van der Waals surface area contributed by atoms with E-state index in [2.05, 4.69) is 27.2 Å². The highest BCUT2D eigenvalue weighted by atomic mass is 32.1. The van der Waals surface area contributed by atoms with E-state index in [4.69, 9.17) is 0 Å². The van der Waals surface area contributed by atoms with Gasteiger partial charge < -0.3 is 10.2 Å². The van der Waals surface area contributed by atoms with E-state index >= 15 is 0 Å². The molecule has 2 aliphatic rings. The van der Waals surface area contributed by atoms with Gasteiger partial charge in [0.1, 0.15) is 0 Å². The number of hydrogen-bond acceptors (Lipinski definition) is 4. The Labute approximate surface area is 159 Å². The van der Waals surface area contributed by atoms with Crippen LogP contribution in [0, 0.1) is 0 Å². The zero-order chi connectivity index (χ0) is 17.8. The van der Waals surface area contributed by atoms with Crippen LogP contribution in [-0.2, 0) is 11.2 Å². The Morgan fingerprint density at radius 1 is 1.04 bits per heavy atom. The first-order valence-corrected chi connectivity index (χ1v) is 10.6. The molecule has 1 aromatic carbocycles. The van der Waals surface area contributed by atoms with Crippen molar-refractivity contribution >= 4 is 28.6 Å². The van der Waals surface area contributed by atoms with Crippen LogP contribution in [0.4, 0.5) is 11.4 Å². The van der Waals surface area contributed by atoms with Gasteiger partial charge in [-0.05, 0) is 48.6 Å². The number of anilines is 2. The van der Waals surface area contributed by atoms with Gasteiger partial charge >= 0.3 is 0 Å². The molecule has 2 fully saturated rings. The highest BCUT2D eigenvalue weighted by Gasteiger charge is 2.26. The Kier molecular flexibility index (Phi) is 5.56. The molecule has 26 heavy (non-hydrogen) atoms. The fourth-order valence-electron chi connectivity index (χ4n) is 4.15. The SMILES string of the molecule is O=C(Cc1cccs1)Nc1ccc(N2CCN(C3CCCC3)CC2)cc1. The number of rotatable bonds is 5. The summed E-state index contributed by atoms with van der Waals surface area (Å²) in [5.74, 6) is 0.0466. The second-order valence-corrected chi connectivity index (χ2v) is 8.34. The Bertz CT molecular complexity index is 699. The van der Waals surface area contributed by atoms with Crippen molar-refractivity contribution in [3.05, 3.63) is 46.7 Å². The van der Waals surface area contributed by atoms with Gasteiger partial charge in [-0.15, -0.1) is 11.3 Å². The molecule has 138 valence electrons. The van der Waals surface area contributed by atoms with Crippen LogP contribution in [0.1, 0.15) is 30.6 Å². The summed E-state index contributed by atoms with van der Waals surface area (Å²) in [6.45, 7) is 4.54. The topological polar surface area (TPSA) is 35.6 Å². The molecule has 1 aliphatic carbocycles. The van der Waals surface area contributed by atoms with Gasteiger partial charge in [0.25, 0.3) is 0 Å². The van der Waals surface area contributed by atoms with Gasteiger partial charge in [0.05, 0.1) is 6.42 Å². The van der Waals surface area contributed by atoms with E-state index in [0.717, 1.165) is 29.7 Å². The maximum atomic E-state index is 12.1. The smallest absolute Gasteiger partial charge is 0.229 e. The first-order chi connectivity index (χ1) is 12.8. The van der Waals surface area contributed by atoms with Gasteiger partial charge in [-0.1, -0.05) is 18.9 Å². The molecule has 5 heteroatoms. The van der Waals surface area contributed by atoms with Crippen molar-refractivity contribution in [1.82, 2.24) is 4.90 Å². The van der Waals surface area contributed by atoms with E-state index in [1.165, 1.54) is 44.5 Å². The number of nitrogens with zero attached hydrogens (tertiary/aromatic N) is 2. The van der Waals surface area contributed by atoms with Crippen LogP contribution < -0.4 is 10.2 Å². The van der Waals surface area contributed by atoms with Crippen LogP contribution >= 0.6 is 11.3 Å². The first kappa shape index (κ1) is 17.6. The average Bonchev–Trinajstić information content (AvgIpc) is 3.36. The maximum absolute atomic E-state index is 12.1. The monoisotopic (exact) mass is 369 g/mol. The number of carbonyl (C=O) groups is 1. The molecular weight excluding hydrogens is 342 g/mol. The molecule has 1 aromatic heterocycles. The molecule has 0 bridgehead atoms. The first-order valence-electron chi connectivity index (χ1n) is 9.69. The molecule has 1 aliphatic heterocycles. The van der Waals surface area contributed by atoms with Gasteiger partial charge in [-0.2, -0.15) is 0 Å². The fraction of sp³-hybridized carbons (Fsp3) is 0.476. The lowest BCUT2D eigenvalue weighted by molar-refractivity contribution is -0.115. The molecule has 1 saturated heterocycles. The maximum Gasteiger partial charge on any atom is 0.229 e. The van der Waals surface area contributed by atoms with E-state index in [0.29, 0.717) is 6.42 Å². The summed E-state index contributed by atoms with van der Waals surface area (Å²) >= 11 is 1.62. The molecule has 1 N–H and O–H groups in total. The molecule has 0 unspecified atom stereocenters. The fourth-order valence-corrected chi connectivity index (χ4v) is 4.85. The lowest BCUT2D eigenvalue weighted by atomic mass is 10.1. The predicted molar refractivity (Wildman–Crippen MR) is 109 cm³/mol. The number of nitrogens with one attached hydrogen (secondary N) is 1. The number of hydrogen-bond donors (Lipinski definition) is 1. The van der Waals surface area contributed by atoms with Crippen LogP contribution in [0.25, 0.3) is 0 Å². The van der Waals surface area contributed by atoms with E-state index in [1.54, 1.807) is 11.3 Å². The summed E-state index contributed by atoms with van der Waals surface area (Å²) < 4.78 is 0. The van der Waals surface area contributed by atoms with Crippen molar-refractivity contribution < 1.29 is 4.79 Å². The molecule has 1 amide bonds. The molecule has 4 rings (SSSR count). The highest BCUT2D eigenvalue weighted by Crippen LogP contribution is 2.26. The second kappa shape index (κ2) is 8.23. The van der Waals surface area contributed by atoms with Gasteiger partial charge in [-0.3, -0.25) is 9.69 Å². The minimum absolute atomic E-state index is 0.0466. The Balaban J connectivity index is 1.28. The Morgan fingerprint density at radius 2 is 1.77 bits per heavy atom. The summed E-state index contributed by atoms with van der Waals surface area (Å²) in [5, 5.41) is 5.00. The molecule has 0 spiro atoms. The van der Waals surface area contributed by atoms with Crippen molar-refractivity contribution in [3.63, 3.8) is 0 Å². The average molecular weight is 370 g/mol. The van der Waals surface area contributed by atoms with Crippen molar-refractivity contribution in [1.29, 1.82) is 0 Å². The molecule has 0 radical (unpaired) electrons. The van der Waals surface area contributed by atoms with E-state index in [9.17, 15) is 4.79 Å². The van der Waals surface area contributed by atoms with Gasteiger partial charge in [0.2, 0.25) is 5.91 Å². The molecule has 2 heterocycles. The van der Waals surface area contributed by atoms with Crippen molar-refractivity contribution in [2.75, 3.05) is 36.4 Å². The largest absolute Gasteiger partial charge is 0.369 e. The Morgan fingerprint density at radius 3 is 2.42 bits per heavy atom. The second-order valence-electron chi connectivity index (χ2n) is 7.31. The van der Waals surface area contributed by atoms with Gasteiger partial charge in [0.15, 0.2) is 0 Å². The third-order valence-electron chi connectivity index (χ3n) is 5.59. The molecule has 4 nitrogen and oxygen atoms in total. The van der Waals surface area contributed by atoms with Crippen molar-refractivity contribution in [3.8, 4) is 0 Å². The minimum Gasteiger partial charge on any atom is -0.369 e. The molecule has 1 saturated carbocycles. The number of amides is 1. The molecule has 2 aromatic rings. The molecule has 0 atom stereocenters. The molecular formula is C21H27N3OS. The zero-order valence-electron chi connectivity index (χ0n) is 15.2. The van der Waals surface area contributed by atoms with E-state index in [-0.39, 0.29) is 5.91 Å². The number of benzene rings is 1. The third kappa shape index (κ3) is 4.27. The Hall–Kier alpha value is -1.85. The van der Waals surface area contributed by atoms with E-state index < -0.39 is 0 Å². The van der Waals surface area contributed by atoms with E-state index in [1.807, 2.05) is 29.6 Å². The van der Waals surface area contributed by atoms with Crippen LogP contribution in [0.3, 0.4) is 0 Å². The van der Waals surface area contributed by atoms with Crippen LogP contribution in [0.15, 0.2) is 41.8 Å². The quantitative estimate of drug-likeness (QED) is 0.865. The normalized spacial score (nSPS) is 19.0. The standard InChI is InChI=1S/C21H27N3OS/c25-21(16-20-6-3-15-26-20)22-17-7-9-19(10-8-17)24-13-11-23(12-14-24)18-4-1-2-5-18/h3,6-10,15,18H,1-2,4-5,11-14,16H2,(H,22,25). The highest BCUT2D eigenvalue weighted by molar-refractivity contribution is 7.10. The van der Waals surface area contributed by atoms with Gasteiger partial charge in [-0.25, -0.2) is 0 Å². The number of carbonyl (C=O) groups excluding carboxylic acids is 1. The van der Waals surface area contributed by atoms with Crippen molar-refractivity contribution in [2.45, 2.75) is 38.1 Å². The number of piperazine rings is 1. The lowest BCUT2D eigenvalue weighted by Crippen LogP contribution is -2.49.